The first-order chi connectivity index (χ1) is 10.7. The van der Waals surface area contributed by atoms with Crippen LogP contribution in [0.1, 0.15) is 59.3 Å². The molecule has 2 fully saturated rings. The molecule has 2 saturated heterocycles. The van der Waals surface area contributed by atoms with Gasteiger partial charge in [-0.3, -0.25) is 0 Å². The molecule has 3 nitrogen and oxygen atoms in total. The van der Waals surface area contributed by atoms with Gasteiger partial charge < -0.3 is 9.64 Å². The highest BCUT2D eigenvalue weighted by Gasteiger charge is 2.53. The van der Waals surface area contributed by atoms with Gasteiger partial charge in [0.1, 0.15) is 5.60 Å². The van der Waals surface area contributed by atoms with E-state index in [-0.39, 0.29) is 17.7 Å². The summed E-state index contributed by atoms with van der Waals surface area (Å²) < 4.78 is 5.87. The van der Waals surface area contributed by atoms with Crippen molar-refractivity contribution in [3.63, 3.8) is 0 Å². The van der Waals surface area contributed by atoms with Gasteiger partial charge in [-0.05, 0) is 32.1 Å². The van der Waals surface area contributed by atoms with Crippen LogP contribution in [-0.4, -0.2) is 37.3 Å². The number of carbonyl (C=O) groups is 1. The summed E-state index contributed by atoms with van der Waals surface area (Å²) in [5.41, 5.74) is -0.329. The van der Waals surface area contributed by atoms with E-state index in [0.717, 1.165) is 25.8 Å². The van der Waals surface area contributed by atoms with Crippen molar-refractivity contribution in [3.05, 3.63) is 11.3 Å². The second-order valence-electron chi connectivity index (χ2n) is 8.77. The van der Waals surface area contributed by atoms with Crippen LogP contribution < -0.4 is 0 Å². The Labute approximate surface area is 143 Å². The highest BCUT2D eigenvalue weighted by atomic mass is 28.3. The number of ether oxygens (including phenoxy) is 1. The summed E-state index contributed by atoms with van der Waals surface area (Å²) in [6.45, 7) is 14.9. The Hall–Kier alpha value is -0.773. The lowest BCUT2D eigenvalue weighted by molar-refractivity contribution is 0.0524. The Morgan fingerprint density at radius 3 is 2.78 bits per heavy atom. The summed E-state index contributed by atoms with van der Waals surface area (Å²) in [6, 6.07) is 0.278. The van der Waals surface area contributed by atoms with Gasteiger partial charge in [0.25, 0.3) is 0 Å². The van der Waals surface area contributed by atoms with Crippen LogP contribution in [-0.2, 0) is 4.74 Å². The smallest absolute Gasteiger partial charge is 0.410 e. The quantitative estimate of drug-likeness (QED) is 0.584. The van der Waals surface area contributed by atoms with Gasteiger partial charge in [0.2, 0.25) is 0 Å². The average molecular weight is 338 g/mol. The maximum Gasteiger partial charge on any atom is 0.410 e. The minimum Gasteiger partial charge on any atom is -0.441 e. The fourth-order valence-electron chi connectivity index (χ4n) is 4.01. The molecule has 1 amide bonds. The number of nitrogens with zero attached hydrogens (tertiary/aromatic N) is 1. The Balaban J connectivity index is 2.18. The van der Waals surface area contributed by atoms with Gasteiger partial charge in [0.15, 0.2) is 0 Å². The summed E-state index contributed by atoms with van der Waals surface area (Å²) >= 11 is 0. The van der Waals surface area contributed by atoms with Gasteiger partial charge in [0.05, 0.1) is 14.1 Å². The zero-order valence-corrected chi connectivity index (χ0v) is 16.9. The lowest BCUT2D eigenvalue weighted by Gasteiger charge is -2.33. The van der Waals surface area contributed by atoms with Crippen molar-refractivity contribution < 1.29 is 9.53 Å². The van der Waals surface area contributed by atoms with E-state index in [4.69, 9.17) is 4.74 Å². The van der Waals surface area contributed by atoms with Crippen LogP contribution in [0.25, 0.3) is 0 Å². The fourth-order valence-corrected chi connectivity index (χ4v) is 5.67. The molecule has 0 aromatic heterocycles. The van der Waals surface area contributed by atoms with E-state index >= 15 is 0 Å². The highest BCUT2D eigenvalue weighted by Crippen LogP contribution is 2.42. The summed E-state index contributed by atoms with van der Waals surface area (Å²) in [5.74, 6) is 0.622. The van der Waals surface area contributed by atoms with Crippen molar-refractivity contribution in [3.8, 4) is 0 Å². The van der Waals surface area contributed by atoms with E-state index in [1.54, 1.807) is 5.20 Å². The molecule has 0 N–H and O–H groups in total. The zero-order chi connectivity index (χ0) is 17.3. The number of fused-ring (bicyclic) bond motifs is 1. The van der Waals surface area contributed by atoms with Crippen molar-refractivity contribution in [1.82, 2.24) is 4.90 Å². The molecule has 2 aliphatic rings. The number of unbranched alkanes of at least 4 members (excludes halogenated alkanes) is 1. The molecule has 0 aliphatic carbocycles. The third-order valence-corrected chi connectivity index (χ3v) is 7.79. The summed E-state index contributed by atoms with van der Waals surface area (Å²) in [6.07, 6.45) is 9.36. The number of amides is 1. The van der Waals surface area contributed by atoms with Crippen molar-refractivity contribution in [2.24, 2.45) is 5.92 Å². The maximum absolute atomic E-state index is 12.2. The van der Waals surface area contributed by atoms with Gasteiger partial charge in [-0.1, -0.05) is 57.6 Å². The Bertz CT molecular complexity index is 468. The Kier molecular flexibility index (Phi) is 5.65. The van der Waals surface area contributed by atoms with E-state index < -0.39 is 8.07 Å². The fraction of sp³-hybridized carbons (Fsp3) is 0.842. The minimum atomic E-state index is -1.42. The van der Waals surface area contributed by atoms with Gasteiger partial charge >= 0.3 is 6.09 Å². The second-order valence-corrected chi connectivity index (χ2v) is 13.9. The summed E-state index contributed by atoms with van der Waals surface area (Å²) in [5, 5.41) is 1.57. The SMILES string of the molecule is CCCCC(C)/C=C(/CC1(C)OC(=O)N2CCCC21)[Si](C)(C)C. The number of hydrogen-bond donors (Lipinski definition) is 0. The summed E-state index contributed by atoms with van der Waals surface area (Å²) in [7, 11) is -1.42. The first-order valence-electron chi connectivity index (χ1n) is 9.38. The molecule has 132 valence electrons. The lowest BCUT2D eigenvalue weighted by Crippen LogP contribution is -2.42. The molecular weight excluding hydrogens is 302 g/mol. The van der Waals surface area contributed by atoms with Crippen molar-refractivity contribution in [2.75, 3.05) is 6.54 Å². The molecule has 0 spiro atoms. The number of cyclic esters (lactones) is 1. The van der Waals surface area contributed by atoms with E-state index in [1.807, 2.05) is 4.90 Å². The third kappa shape index (κ3) is 4.20. The monoisotopic (exact) mass is 337 g/mol. The maximum atomic E-state index is 12.2. The molecule has 2 aliphatic heterocycles. The second kappa shape index (κ2) is 7.00. The zero-order valence-electron chi connectivity index (χ0n) is 15.9. The van der Waals surface area contributed by atoms with Gasteiger partial charge in [-0.25, -0.2) is 4.79 Å². The summed E-state index contributed by atoms with van der Waals surface area (Å²) in [4.78, 5) is 14.1. The number of carbonyl (C=O) groups excluding carboxylic acids is 1. The molecule has 0 radical (unpaired) electrons. The van der Waals surface area contributed by atoms with Gasteiger partial charge in [-0.2, -0.15) is 0 Å². The van der Waals surface area contributed by atoms with E-state index in [0.29, 0.717) is 5.92 Å². The molecule has 0 aromatic rings. The number of rotatable bonds is 7. The normalized spacial score (nSPS) is 29.7. The molecule has 4 heteroatoms. The minimum absolute atomic E-state index is 0.0936. The topological polar surface area (TPSA) is 29.5 Å². The van der Waals surface area contributed by atoms with Gasteiger partial charge in [0, 0.05) is 13.0 Å². The van der Waals surface area contributed by atoms with E-state index in [2.05, 4.69) is 46.5 Å². The van der Waals surface area contributed by atoms with Crippen LogP contribution in [0.2, 0.25) is 19.6 Å². The van der Waals surface area contributed by atoms with Crippen molar-refractivity contribution >= 4 is 14.2 Å². The molecule has 2 heterocycles. The van der Waals surface area contributed by atoms with Crippen LogP contribution in [0.3, 0.4) is 0 Å². The highest BCUT2D eigenvalue weighted by molar-refractivity contribution is 6.83. The van der Waals surface area contributed by atoms with E-state index in [9.17, 15) is 4.79 Å². The molecule has 23 heavy (non-hydrogen) atoms. The predicted octanol–water partition coefficient (Wildman–Crippen LogP) is 5.38. The van der Waals surface area contributed by atoms with Crippen LogP contribution in [0.4, 0.5) is 4.79 Å². The largest absolute Gasteiger partial charge is 0.441 e. The van der Waals surface area contributed by atoms with Gasteiger partial charge in [-0.15, -0.1) is 0 Å². The molecule has 0 bridgehead atoms. The van der Waals surface area contributed by atoms with Crippen LogP contribution in [0.5, 0.6) is 0 Å². The third-order valence-electron chi connectivity index (χ3n) is 5.52. The molecule has 3 unspecified atom stereocenters. The van der Waals surface area contributed by atoms with E-state index in [1.165, 1.54) is 19.3 Å². The Morgan fingerprint density at radius 2 is 2.17 bits per heavy atom. The molecule has 2 rings (SSSR count). The lowest BCUT2D eigenvalue weighted by atomic mass is 9.90. The molecular formula is C19H35NO2Si. The molecule has 0 aromatic carbocycles. The number of allylic oxidation sites excluding steroid dienone is 1. The van der Waals surface area contributed by atoms with Crippen LogP contribution in [0, 0.1) is 5.92 Å². The van der Waals surface area contributed by atoms with Crippen LogP contribution in [0.15, 0.2) is 11.3 Å². The molecule has 0 saturated carbocycles. The Morgan fingerprint density at radius 1 is 1.48 bits per heavy atom. The predicted molar refractivity (Wildman–Crippen MR) is 99.3 cm³/mol. The van der Waals surface area contributed by atoms with Crippen LogP contribution >= 0.6 is 0 Å². The standard InChI is InChI=1S/C19H35NO2Si/c1-7-8-10-15(2)13-16(23(4,5)6)14-19(3)17-11-9-12-20(17)18(21)22-19/h13,15,17H,7-12,14H2,1-6H3/b16-13-. The first kappa shape index (κ1) is 18.6. The molecule has 3 atom stereocenters. The van der Waals surface area contributed by atoms with Crippen molar-refractivity contribution in [2.45, 2.75) is 90.6 Å². The average Bonchev–Trinajstić information content (AvgIpc) is 3.00. The number of hydrogen-bond acceptors (Lipinski definition) is 2. The van der Waals surface area contributed by atoms with Crippen molar-refractivity contribution in [1.29, 1.82) is 0 Å². The first-order valence-corrected chi connectivity index (χ1v) is 12.9.